The van der Waals surface area contributed by atoms with Crippen LogP contribution in [0.2, 0.25) is 0 Å². The second-order valence-corrected chi connectivity index (χ2v) is 9.97. The fourth-order valence-corrected chi connectivity index (χ4v) is 4.74. The Hall–Kier alpha value is -3.73. The molecule has 0 saturated carbocycles. The van der Waals surface area contributed by atoms with Crippen LogP contribution in [0, 0.1) is 6.92 Å². The molecule has 0 aliphatic carbocycles. The van der Waals surface area contributed by atoms with Gasteiger partial charge in [-0.2, -0.15) is 0 Å². The Labute approximate surface area is 232 Å². The zero-order chi connectivity index (χ0) is 27.5. The van der Waals surface area contributed by atoms with E-state index in [4.69, 9.17) is 14.2 Å². The molecule has 4 aromatic rings. The van der Waals surface area contributed by atoms with Gasteiger partial charge in [-0.25, -0.2) is 0 Å². The van der Waals surface area contributed by atoms with Crippen molar-refractivity contribution in [3.63, 3.8) is 0 Å². The van der Waals surface area contributed by atoms with E-state index in [1.165, 1.54) is 27.7 Å². The number of nitrogens with zero attached hydrogens (tertiary/aromatic N) is 1. The fraction of sp³-hybridized carbons (Fsp3) is 0.382. The van der Waals surface area contributed by atoms with Gasteiger partial charge in [0.25, 0.3) is 0 Å². The Morgan fingerprint density at radius 3 is 1.90 bits per heavy atom. The molecule has 0 aliphatic heterocycles. The molecule has 0 N–H and O–H groups in total. The molecule has 0 bridgehead atoms. The van der Waals surface area contributed by atoms with E-state index in [1.54, 1.807) is 0 Å². The minimum absolute atomic E-state index is 0.526. The molecule has 0 aliphatic rings. The number of hydrogen-bond donors (Lipinski definition) is 0. The number of unbranched alkanes of at least 4 members (excludes halogenated alkanes) is 3. The molecule has 5 nitrogen and oxygen atoms in total. The van der Waals surface area contributed by atoms with Gasteiger partial charge < -0.3 is 23.6 Å². The number of aryl methyl sites for hydroxylation is 1. The summed E-state index contributed by atoms with van der Waals surface area (Å²) in [6.45, 7) is 9.30. The van der Waals surface area contributed by atoms with E-state index < -0.39 is 0 Å². The standard InChI is InChI=1S/C34H41NO4/c1-4-6-21-37-30-16-12-28(13-17-30)34-26(3)32-24-31(39-22-7-5-2)18-19-33(32)35(34)25-27-10-14-29(15-11-27)38-23-9-8-20-36/h10-20,24H,4-9,21-23,25H2,1-3H3. The van der Waals surface area contributed by atoms with E-state index in [2.05, 4.69) is 79.9 Å². The molecule has 0 saturated heterocycles. The predicted molar refractivity (Wildman–Crippen MR) is 159 cm³/mol. The van der Waals surface area contributed by atoms with Gasteiger partial charge >= 0.3 is 0 Å². The van der Waals surface area contributed by atoms with E-state index in [-0.39, 0.29) is 0 Å². The van der Waals surface area contributed by atoms with Crippen molar-refractivity contribution in [1.82, 2.24) is 4.57 Å². The summed E-state index contributed by atoms with van der Waals surface area (Å²) in [7, 11) is 0. The average Bonchev–Trinajstić information content (AvgIpc) is 3.23. The quantitative estimate of drug-likeness (QED) is 0.108. The molecule has 0 fully saturated rings. The topological polar surface area (TPSA) is 49.7 Å². The largest absolute Gasteiger partial charge is 0.494 e. The Kier molecular flexibility index (Phi) is 10.5. The molecule has 1 heterocycles. The Morgan fingerprint density at radius 2 is 1.28 bits per heavy atom. The summed E-state index contributed by atoms with van der Waals surface area (Å²) in [5.74, 6) is 2.65. The second-order valence-electron chi connectivity index (χ2n) is 9.97. The van der Waals surface area contributed by atoms with E-state index in [9.17, 15) is 4.79 Å². The van der Waals surface area contributed by atoms with Crippen molar-refractivity contribution in [2.24, 2.45) is 0 Å². The maximum atomic E-state index is 10.5. The zero-order valence-corrected chi connectivity index (χ0v) is 23.6. The molecule has 0 atom stereocenters. The molecule has 0 amide bonds. The van der Waals surface area contributed by atoms with Gasteiger partial charge in [-0.15, -0.1) is 0 Å². The second kappa shape index (κ2) is 14.4. The summed E-state index contributed by atoms with van der Waals surface area (Å²) in [5, 5.41) is 1.21. The van der Waals surface area contributed by atoms with Crippen molar-refractivity contribution < 1.29 is 19.0 Å². The number of rotatable bonds is 16. The van der Waals surface area contributed by atoms with Gasteiger partial charge in [0, 0.05) is 23.9 Å². The number of hydrogen-bond acceptors (Lipinski definition) is 4. The van der Waals surface area contributed by atoms with Crippen LogP contribution < -0.4 is 14.2 Å². The molecule has 4 rings (SSSR count). The third-order valence-electron chi connectivity index (χ3n) is 6.95. The molecule has 1 aromatic heterocycles. The van der Waals surface area contributed by atoms with E-state index >= 15 is 0 Å². The first-order valence-corrected chi connectivity index (χ1v) is 14.3. The highest BCUT2D eigenvalue weighted by molar-refractivity contribution is 5.92. The van der Waals surface area contributed by atoms with Crippen molar-refractivity contribution in [1.29, 1.82) is 0 Å². The number of carbonyl (C=O) groups excluding carboxylic acids is 1. The maximum Gasteiger partial charge on any atom is 0.120 e. The highest BCUT2D eigenvalue weighted by Gasteiger charge is 2.17. The Morgan fingerprint density at radius 1 is 0.718 bits per heavy atom. The van der Waals surface area contributed by atoms with Crippen molar-refractivity contribution in [2.45, 2.75) is 65.8 Å². The number of fused-ring (bicyclic) bond motifs is 1. The van der Waals surface area contributed by atoms with Crippen LogP contribution in [0.15, 0.2) is 66.7 Å². The molecule has 206 valence electrons. The summed E-state index contributed by atoms with van der Waals surface area (Å²) in [6, 6.07) is 23.2. The third-order valence-corrected chi connectivity index (χ3v) is 6.95. The van der Waals surface area contributed by atoms with Crippen LogP contribution in [0.25, 0.3) is 22.2 Å². The van der Waals surface area contributed by atoms with Gasteiger partial charge in [0.15, 0.2) is 0 Å². The van der Waals surface area contributed by atoms with Gasteiger partial charge in [0.1, 0.15) is 23.5 Å². The number of ether oxygens (including phenoxy) is 3. The highest BCUT2D eigenvalue weighted by atomic mass is 16.5. The van der Waals surface area contributed by atoms with Crippen LogP contribution in [0.3, 0.4) is 0 Å². The predicted octanol–water partition coefficient (Wildman–Crippen LogP) is 8.38. The minimum atomic E-state index is 0.526. The number of carbonyl (C=O) groups is 1. The van der Waals surface area contributed by atoms with E-state index in [0.717, 1.165) is 81.0 Å². The van der Waals surface area contributed by atoms with Crippen molar-refractivity contribution in [3.8, 4) is 28.5 Å². The lowest BCUT2D eigenvalue weighted by Gasteiger charge is -2.14. The SMILES string of the molecule is CCCCOc1ccc(-c2c(C)c3cc(OCCCC)ccc3n2Cc2ccc(OCCCC=O)cc2)cc1. The highest BCUT2D eigenvalue weighted by Crippen LogP contribution is 2.36. The first-order valence-electron chi connectivity index (χ1n) is 14.3. The number of benzene rings is 3. The number of aldehydes is 1. The molecule has 5 heteroatoms. The van der Waals surface area contributed by atoms with Crippen LogP contribution in [-0.4, -0.2) is 30.7 Å². The lowest BCUT2D eigenvalue weighted by Crippen LogP contribution is -2.03. The van der Waals surface area contributed by atoms with E-state index in [0.29, 0.717) is 13.0 Å². The molecular formula is C34H41NO4. The fourth-order valence-electron chi connectivity index (χ4n) is 4.74. The Balaban J connectivity index is 1.65. The zero-order valence-electron chi connectivity index (χ0n) is 23.6. The molecule has 3 aromatic carbocycles. The molecule has 39 heavy (non-hydrogen) atoms. The minimum Gasteiger partial charge on any atom is -0.494 e. The molecular weight excluding hydrogens is 486 g/mol. The van der Waals surface area contributed by atoms with Gasteiger partial charge in [-0.3, -0.25) is 0 Å². The summed E-state index contributed by atoms with van der Waals surface area (Å²) < 4.78 is 20.1. The summed E-state index contributed by atoms with van der Waals surface area (Å²) in [5.41, 5.74) is 5.97. The maximum absolute atomic E-state index is 10.5. The first kappa shape index (κ1) is 28.3. The van der Waals surface area contributed by atoms with Crippen LogP contribution in [0.4, 0.5) is 0 Å². The van der Waals surface area contributed by atoms with Gasteiger partial charge in [-0.1, -0.05) is 38.8 Å². The summed E-state index contributed by atoms with van der Waals surface area (Å²) in [4.78, 5) is 10.5. The van der Waals surface area contributed by atoms with Crippen LogP contribution in [0.1, 0.15) is 63.5 Å². The number of aromatic nitrogens is 1. The van der Waals surface area contributed by atoms with Crippen molar-refractivity contribution in [2.75, 3.05) is 19.8 Å². The van der Waals surface area contributed by atoms with Gasteiger partial charge in [-0.05, 0) is 97.5 Å². The Bertz CT molecular complexity index is 1320. The lowest BCUT2D eigenvalue weighted by molar-refractivity contribution is -0.108. The van der Waals surface area contributed by atoms with Crippen molar-refractivity contribution >= 4 is 17.2 Å². The summed E-state index contributed by atoms with van der Waals surface area (Å²) >= 11 is 0. The molecule has 0 spiro atoms. The lowest BCUT2D eigenvalue weighted by atomic mass is 10.1. The van der Waals surface area contributed by atoms with Crippen molar-refractivity contribution in [3.05, 3.63) is 77.9 Å². The van der Waals surface area contributed by atoms with Crippen LogP contribution >= 0.6 is 0 Å². The average molecular weight is 528 g/mol. The van der Waals surface area contributed by atoms with Gasteiger partial charge in [0.05, 0.1) is 25.5 Å². The monoisotopic (exact) mass is 527 g/mol. The normalized spacial score (nSPS) is 11.1. The molecule has 0 radical (unpaired) electrons. The smallest absolute Gasteiger partial charge is 0.120 e. The first-order chi connectivity index (χ1) is 19.1. The van der Waals surface area contributed by atoms with Gasteiger partial charge in [0.2, 0.25) is 0 Å². The summed E-state index contributed by atoms with van der Waals surface area (Å²) in [6.07, 6.45) is 6.53. The third kappa shape index (κ3) is 7.44. The van der Waals surface area contributed by atoms with Crippen LogP contribution in [-0.2, 0) is 11.3 Å². The van der Waals surface area contributed by atoms with Crippen LogP contribution in [0.5, 0.6) is 17.2 Å². The molecule has 0 unspecified atom stereocenters. The van der Waals surface area contributed by atoms with E-state index in [1.807, 2.05) is 12.1 Å².